The summed E-state index contributed by atoms with van der Waals surface area (Å²) < 4.78 is 13.1. The number of nitrogens with zero attached hydrogens (tertiary/aromatic N) is 2. The number of fused-ring (bicyclic) bond motifs is 1. The maximum absolute atomic E-state index is 13.1. The molecule has 2 aliphatic heterocycles. The fourth-order valence-corrected chi connectivity index (χ4v) is 2.61. The van der Waals surface area contributed by atoms with Crippen molar-refractivity contribution in [3.63, 3.8) is 0 Å². The maximum Gasteiger partial charge on any atom is 0.272 e. The minimum Gasteiger partial charge on any atom is -0.375 e. The molecular weight excluding hydrogens is 297 g/mol. The minimum atomic E-state index is -0.832. The highest BCUT2D eigenvalue weighted by atomic mass is 19.1. The molecule has 0 saturated heterocycles. The first kappa shape index (κ1) is 13.6. The van der Waals surface area contributed by atoms with Crippen molar-refractivity contribution < 1.29 is 14.0 Å². The van der Waals surface area contributed by atoms with Gasteiger partial charge in [-0.2, -0.15) is 0 Å². The van der Waals surface area contributed by atoms with Crippen LogP contribution in [0.2, 0.25) is 0 Å². The lowest BCUT2D eigenvalue weighted by molar-refractivity contribution is -0.129. The number of carbonyl (C=O) groups is 1. The topological polar surface area (TPSA) is 63.0 Å². The molecule has 1 N–H and O–H groups in total. The lowest BCUT2D eigenvalue weighted by Crippen LogP contribution is -2.46. The van der Waals surface area contributed by atoms with Crippen molar-refractivity contribution in [3.8, 4) is 0 Å². The molecule has 0 fully saturated rings. The van der Waals surface area contributed by atoms with Gasteiger partial charge in [-0.15, -0.1) is 0 Å². The van der Waals surface area contributed by atoms with E-state index in [0.717, 1.165) is 5.56 Å². The van der Waals surface area contributed by atoms with Crippen molar-refractivity contribution in [2.24, 2.45) is 10.1 Å². The van der Waals surface area contributed by atoms with E-state index < -0.39 is 12.3 Å². The minimum absolute atomic E-state index is 0.306. The number of nitrogens with one attached hydrogen (secondary N) is 1. The Bertz CT molecular complexity index is 815. The van der Waals surface area contributed by atoms with Crippen molar-refractivity contribution >= 4 is 17.3 Å². The Morgan fingerprint density at radius 3 is 2.52 bits per heavy atom. The van der Waals surface area contributed by atoms with Crippen LogP contribution in [-0.4, -0.2) is 23.4 Å². The van der Waals surface area contributed by atoms with Gasteiger partial charge in [0.1, 0.15) is 23.4 Å². The van der Waals surface area contributed by atoms with Gasteiger partial charge < -0.3 is 10.2 Å². The number of rotatable bonds is 2. The van der Waals surface area contributed by atoms with E-state index in [1.165, 1.54) is 12.1 Å². The molecule has 0 radical (unpaired) electrons. The average Bonchev–Trinajstić information content (AvgIpc) is 3.01. The van der Waals surface area contributed by atoms with Gasteiger partial charge in [-0.25, -0.2) is 4.39 Å². The largest absolute Gasteiger partial charge is 0.375 e. The number of aliphatic imine (C=N–C) groups is 1. The van der Waals surface area contributed by atoms with E-state index in [2.05, 4.69) is 15.5 Å². The summed E-state index contributed by atoms with van der Waals surface area (Å²) in [6.07, 6.45) is -1.41. The Morgan fingerprint density at radius 1 is 1.04 bits per heavy atom. The van der Waals surface area contributed by atoms with Gasteiger partial charge in [0, 0.05) is 5.56 Å². The number of carbonyl (C=O) groups excluding carboxylic acids is 1. The second kappa shape index (κ2) is 5.31. The van der Waals surface area contributed by atoms with Crippen LogP contribution >= 0.6 is 0 Å². The third kappa shape index (κ3) is 2.38. The Hall–Kier alpha value is -3.02. The molecule has 114 valence electrons. The number of amides is 1. The molecule has 6 heteroatoms. The van der Waals surface area contributed by atoms with Gasteiger partial charge in [0.05, 0.1) is 0 Å². The normalized spacial score (nSPS) is 22.6. The lowest BCUT2D eigenvalue weighted by Gasteiger charge is -2.23. The van der Waals surface area contributed by atoms with Gasteiger partial charge in [0.15, 0.2) is 0 Å². The zero-order chi connectivity index (χ0) is 15.8. The van der Waals surface area contributed by atoms with Crippen molar-refractivity contribution in [3.05, 3.63) is 71.5 Å². The highest BCUT2D eigenvalue weighted by Gasteiger charge is 2.41. The Balaban J connectivity index is 1.73. The van der Waals surface area contributed by atoms with Crippen LogP contribution < -0.4 is 5.32 Å². The van der Waals surface area contributed by atoms with E-state index in [9.17, 15) is 9.18 Å². The van der Waals surface area contributed by atoms with Gasteiger partial charge >= 0.3 is 0 Å². The van der Waals surface area contributed by atoms with E-state index in [4.69, 9.17) is 4.84 Å². The summed E-state index contributed by atoms with van der Waals surface area (Å²) in [7, 11) is 0. The molecule has 2 aromatic carbocycles. The monoisotopic (exact) mass is 309 g/mol. The fourth-order valence-electron chi connectivity index (χ4n) is 2.61. The quantitative estimate of drug-likeness (QED) is 0.924. The van der Waals surface area contributed by atoms with Crippen LogP contribution in [0.5, 0.6) is 0 Å². The van der Waals surface area contributed by atoms with Gasteiger partial charge in [0.25, 0.3) is 5.91 Å². The van der Waals surface area contributed by atoms with Gasteiger partial charge in [-0.1, -0.05) is 47.6 Å². The fraction of sp³-hybridized carbons (Fsp3) is 0.118. The molecular formula is C17H12FN3O2. The molecule has 2 unspecified atom stereocenters. The second-order valence-electron chi connectivity index (χ2n) is 5.27. The third-order valence-electron chi connectivity index (χ3n) is 3.76. The van der Waals surface area contributed by atoms with Crippen molar-refractivity contribution in [1.82, 2.24) is 5.32 Å². The van der Waals surface area contributed by atoms with Gasteiger partial charge in [-0.3, -0.25) is 9.79 Å². The van der Waals surface area contributed by atoms with Crippen LogP contribution in [0, 0.1) is 5.82 Å². The molecule has 5 nitrogen and oxygen atoms in total. The first-order valence-electron chi connectivity index (χ1n) is 7.15. The van der Waals surface area contributed by atoms with E-state index in [0.29, 0.717) is 17.0 Å². The molecule has 2 atom stereocenters. The standard InChI is InChI=1S/C17H12FN3O2/c18-12-8-6-11(7-9-12)16-19-14-13(10-4-2-1-3-5-10)21-23-15(14)17(22)20-16/h1-9,15-16H,(H,20,22). The summed E-state index contributed by atoms with van der Waals surface area (Å²) in [5.74, 6) is -0.642. The Kier molecular flexibility index (Phi) is 3.15. The molecule has 0 spiro atoms. The molecule has 2 heterocycles. The molecule has 0 saturated carbocycles. The van der Waals surface area contributed by atoms with Crippen LogP contribution in [0.15, 0.2) is 64.7 Å². The predicted octanol–water partition coefficient (Wildman–Crippen LogP) is 2.20. The molecule has 0 aliphatic carbocycles. The lowest BCUT2D eigenvalue weighted by atomic mass is 10.00. The molecule has 1 amide bonds. The van der Waals surface area contributed by atoms with E-state index in [-0.39, 0.29) is 11.7 Å². The van der Waals surface area contributed by atoms with Gasteiger partial charge in [0.2, 0.25) is 6.10 Å². The molecule has 2 aromatic rings. The summed E-state index contributed by atoms with van der Waals surface area (Å²) in [6.45, 7) is 0. The van der Waals surface area contributed by atoms with Crippen LogP contribution in [0.3, 0.4) is 0 Å². The summed E-state index contributed by atoms with van der Waals surface area (Å²) in [4.78, 5) is 22.0. The number of halogens is 1. The van der Waals surface area contributed by atoms with Crippen LogP contribution in [0.25, 0.3) is 0 Å². The first-order chi connectivity index (χ1) is 11.2. The molecule has 0 bridgehead atoms. The third-order valence-corrected chi connectivity index (χ3v) is 3.76. The average molecular weight is 309 g/mol. The SMILES string of the molecule is O=C1NC(c2ccc(F)cc2)N=C2C(c3ccccc3)=NOC12. The maximum atomic E-state index is 13.1. The zero-order valence-electron chi connectivity index (χ0n) is 11.9. The molecule has 2 aliphatic rings. The van der Waals surface area contributed by atoms with E-state index >= 15 is 0 Å². The number of oxime groups is 1. The number of hydrogen-bond acceptors (Lipinski definition) is 4. The van der Waals surface area contributed by atoms with E-state index in [1.54, 1.807) is 12.1 Å². The second-order valence-corrected chi connectivity index (χ2v) is 5.27. The highest BCUT2D eigenvalue weighted by molar-refractivity contribution is 6.53. The van der Waals surface area contributed by atoms with E-state index in [1.807, 2.05) is 30.3 Å². The highest BCUT2D eigenvalue weighted by Crippen LogP contribution is 2.25. The van der Waals surface area contributed by atoms with Crippen molar-refractivity contribution in [2.45, 2.75) is 12.3 Å². The van der Waals surface area contributed by atoms with Crippen molar-refractivity contribution in [1.29, 1.82) is 0 Å². The Labute approximate surface area is 131 Å². The summed E-state index contributed by atoms with van der Waals surface area (Å²) >= 11 is 0. The van der Waals surface area contributed by atoms with Crippen LogP contribution in [0.4, 0.5) is 4.39 Å². The predicted molar refractivity (Wildman–Crippen MR) is 82.6 cm³/mol. The zero-order valence-corrected chi connectivity index (χ0v) is 11.9. The smallest absolute Gasteiger partial charge is 0.272 e. The van der Waals surface area contributed by atoms with Crippen LogP contribution in [0.1, 0.15) is 17.3 Å². The molecule has 4 rings (SSSR count). The number of benzene rings is 2. The molecule has 0 aromatic heterocycles. The summed E-state index contributed by atoms with van der Waals surface area (Å²) in [5, 5.41) is 6.76. The Morgan fingerprint density at radius 2 is 1.78 bits per heavy atom. The first-order valence-corrected chi connectivity index (χ1v) is 7.15. The van der Waals surface area contributed by atoms with Crippen molar-refractivity contribution in [2.75, 3.05) is 0 Å². The summed E-state index contributed by atoms with van der Waals surface area (Å²) in [6, 6.07) is 15.3. The molecule has 23 heavy (non-hydrogen) atoms. The summed E-state index contributed by atoms with van der Waals surface area (Å²) in [5.41, 5.74) is 2.58. The van der Waals surface area contributed by atoms with Crippen LogP contribution in [-0.2, 0) is 9.63 Å². The van der Waals surface area contributed by atoms with Gasteiger partial charge in [-0.05, 0) is 17.7 Å². The number of hydrogen-bond donors (Lipinski definition) is 1.